The standard InChI is InChI=1S/C17H30N4O2S.HI/c1-4-15(5-2)13-20-17(18-3)19-11-12-24(22,23)21-14-16-9-7-6-8-10-16;/h6-10,15,21H,4-5,11-14H2,1-3H3,(H2,18,19,20);1H. The molecule has 0 saturated carbocycles. The smallest absolute Gasteiger partial charge is 0.213 e. The maximum absolute atomic E-state index is 12.0. The molecule has 0 aromatic heterocycles. The van der Waals surface area contributed by atoms with Crippen LogP contribution in [0.4, 0.5) is 0 Å². The van der Waals surface area contributed by atoms with Crippen molar-refractivity contribution in [3.8, 4) is 0 Å². The molecule has 3 N–H and O–H groups in total. The van der Waals surface area contributed by atoms with Gasteiger partial charge in [-0.2, -0.15) is 0 Å². The van der Waals surface area contributed by atoms with Crippen LogP contribution in [-0.2, 0) is 16.6 Å². The van der Waals surface area contributed by atoms with Crippen LogP contribution in [0, 0.1) is 5.92 Å². The van der Waals surface area contributed by atoms with Gasteiger partial charge in [0.15, 0.2) is 5.96 Å². The number of hydrogen-bond acceptors (Lipinski definition) is 3. The number of guanidine groups is 1. The summed E-state index contributed by atoms with van der Waals surface area (Å²) in [7, 11) is -1.63. The predicted molar refractivity (Wildman–Crippen MR) is 116 cm³/mol. The van der Waals surface area contributed by atoms with E-state index in [4.69, 9.17) is 0 Å². The second-order valence-electron chi connectivity index (χ2n) is 5.69. The van der Waals surface area contributed by atoms with Crippen LogP contribution in [0.2, 0.25) is 0 Å². The Kier molecular flexibility index (Phi) is 12.9. The molecule has 0 aliphatic carbocycles. The Morgan fingerprint density at radius 3 is 2.32 bits per heavy atom. The van der Waals surface area contributed by atoms with Crippen molar-refractivity contribution in [3.05, 3.63) is 35.9 Å². The summed E-state index contributed by atoms with van der Waals surface area (Å²) >= 11 is 0. The quantitative estimate of drug-likeness (QED) is 0.272. The van der Waals surface area contributed by atoms with E-state index in [9.17, 15) is 8.42 Å². The van der Waals surface area contributed by atoms with Gasteiger partial charge in [-0.3, -0.25) is 4.99 Å². The van der Waals surface area contributed by atoms with Gasteiger partial charge in [0.25, 0.3) is 0 Å². The van der Waals surface area contributed by atoms with Crippen LogP contribution in [0.5, 0.6) is 0 Å². The third-order valence-electron chi connectivity index (χ3n) is 3.94. The largest absolute Gasteiger partial charge is 0.356 e. The van der Waals surface area contributed by atoms with Gasteiger partial charge in [-0.15, -0.1) is 24.0 Å². The van der Waals surface area contributed by atoms with E-state index in [0.29, 0.717) is 25.0 Å². The van der Waals surface area contributed by atoms with E-state index in [1.807, 2.05) is 30.3 Å². The maximum atomic E-state index is 12.0. The number of nitrogens with one attached hydrogen (secondary N) is 3. The van der Waals surface area contributed by atoms with Crippen LogP contribution in [0.15, 0.2) is 35.3 Å². The first-order valence-corrected chi connectivity index (χ1v) is 10.1. The van der Waals surface area contributed by atoms with Gasteiger partial charge < -0.3 is 10.6 Å². The molecule has 144 valence electrons. The molecule has 25 heavy (non-hydrogen) atoms. The molecule has 0 fully saturated rings. The van der Waals surface area contributed by atoms with E-state index in [2.05, 4.69) is 34.2 Å². The molecule has 0 atom stereocenters. The lowest BCUT2D eigenvalue weighted by Gasteiger charge is -2.16. The van der Waals surface area contributed by atoms with E-state index >= 15 is 0 Å². The number of hydrogen-bond donors (Lipinski definition) is 3. The van der Waals surface area contributed by atoms with Gasteiger partial charge in [0.2, 0.25) is 10.0 Å². The second-order valence-corrected chi connectivity index (χ2v) is 7.61. The minimum Gasteiger partial charge on any atom is -0.356 e. The highest BCUT2D eigenvalue weighted by atomic mass is 127. The van der Waals surface area contributed by atoms with Crippen LogP contribution >= 0.6 is 24.0 Å². The first kappa shape index (κ1) is 24.1. The lowest BCUT2D eigenvalue weighted by atomic mass is 10.0. The molecule has 0 bridgehead atoms. The Bertz CT molecular complexity index is 590. The van der Waals surface area contributed by atoms with Crippen molar-refractivity contribution in [1.29, 1.82) is 0 Å². The van der Waals surface area contributed by atoms with Crippen LogP contribution in [-0.4, -0.2) is 40.3 Å². The van der Waals surface area contributed by atoms with Gasteiger partial charge in [0.05, 0.1) is 5.75 Å². The summed E-state index contributed by atoms with van der Waals surface area (Å²) in [5.74, 6) is 1.24. The molecule has 1 aromatic carbocycles. The minimum atomic E-state index is -3.32. The maximum Gasteiger partial charge on any atom is 0.213 e. The number of nitrogens with zero attached hydrogens (tertiary/aromatic N) is 1. The molecule has 1 aromatic rings. The normalized spacial score (nSPS) is 11.9. The average molecular weight is 482 g/mol. The van der Waals surface area contributed by atoms with Crippen LogP contribution in [0.3, 0.4) is 0 Å². The summed E-state index contributed by atoms with van der Waals surface area (Å²) in [5.41, 5.74) is 0.941. The summed E-state index contributed by atoms with van der Waals surface area (Å²) < 4.78 is 26.6. The van der Waals surface area contributed by atoms with Gasteiger partial charge in [-0.05, 0) is 11.5 Å². The van der Waals surface area contributed by atoms with E-state index in [0.717, 1.165) is 24.9 Å². The monoisotopic (exact) mass is 482 g/mol. The third-order valence-corrected chi connectivity index (χ3v) is 5.26. The fraction of sp³-hybridized carbons (Fsp3) is 0.588. The Morgan fingerprint density at radius 1 is 1.12 bits per heavy atom. The fourth-order valence-corrected chi connectivity index (χ4v) is 3.11. The number of sulfonamides is 1. The van der Waals surface area contributed by atoms with Crippen molar-refractivity contribution < 1.29 is 8.42 Å². The molecule has 0 heterocycles. The molecule has 0 unspecified atom stereocenters. The highest BCUT2D eigenvalue weighted by Gasteiger charge is 2.10. The van der Waals surface area contributed by atoms with Gasteiger partial charge in [0, 0.05) is 26.7 Å². The summed E-state index contributed by atoms with van der Waals surface area (Å²) in [6.07, 6.45) is 2.22. The SMILES string of the molecule is CCC(CC)CNC(=NC)NCCS(=O)(=O)NCc1ccccc1.I. The van der Waals surface area contributed by atoms with Crippen molar-refractivity contribution in [3.63, 3.8) is 0 Å². The molecular formula is C17H31IN4O2S. The molecule has 0 aliphatic rings. The predicted octanol–water partition coefficient (Wildman–Crippen LogP) is 2.33. The van der Waals surface area contributed by atoms with Crippen molar-refractivity contribution in [1.82, 2.24) is 15.4 Å². The van der Waals surface area contributed by atoms with E-state index in [1.165, 1.54) is 0 Å². The van der Waals surface area contributed by atoms with Gasteiger partial charge >= 0.3 is 0 Å². The first-order chi connectivity index (χ1) is 11.5. The van der Waals surface area contributed by atoms with Crippen molar-refractivity contribution in [2.75, 3.05) is 25.9 Å². The Balaban J connectivity index is 0.00000576. The van der Waals surface area contributed by atoms with E-state index < -0.39 is 10.0 Å². The molecule has 8 heteroatoms. The summed E-state index contributed by atoms with van der Waals surface area (Å²) in [6.45, 7) is 5.79. The lowest BCUT2D eigenvalue weighted by Crippen LogP contribution is -2.42. The second kappa shape index (κ2) is 13.3. The Morgan fingerprint density at radius 2 is 1.76 bits per heavy atom. The molecule has 0 amide bonds. The van der Waals surface area contributed by atoms with Crippen molar-refractivity contribution in [2.24, 2.45) is 10.9 Å². The first-order valence-electron chi connectivity index (χ1n) is 8.46. The summed E-state index contributed by atoms with van der Waals surface area (Å²) in [6, 6.07) is 9.47. The molecule has 1 rings (SSSR count). The Labute approximate surface area is 169 Å². The summed E-state index contributed by atoms with van der Waals surface area (Å²) in [5, 5.41) is 6.29. The van der Waals surface area contributed by atoms with E-state index in [1.54, 1.807) is 7.05 Å². The molecule has 0 aliphatic heterocycles. The highest BCUT2D eigenvalue weighted by molar-refractivity contribution is 14.0. The third kappa shape index (κ3) is 10.7. The van der Waals surface area contributed by atoms with Crippen LogP contribution in [0.25, 0.3) is 0 Å². The zero-order valence-electron chi connectivity index (χ0n) is 15.3. The number of halogens is 1. The van der Waals surface area contributed by atoms with Gasteiger partial charge in [-0.1, -0.05) is 57.0 Å². The number of aliphatic imine (C=N–C) groups is 1. The molecule has 0 radical (unpaired) electrons. The fourth-order valence-electron chi connectivity index (χ4n) is 2.20. The lowest BCUT2D eigenvalue weighted by molar-refractivity contribution is 0.481. The zero-order valence-corrected chi connectivity index (χ0v) is 18.4. The average Bonchev–Trinajstić information content (AvgIpc) is 2.60. The minimum absolute atomic E-state index is 0. The van der Waals surface area contributed by atoms with E-state index in [-0.39, 0.29) is 29.7 Å². The van der Waals surface area contributed by atoms with Crippen LogP contribution in [0.1, 0.15) is 32.3 Å². The van der Waals surface area contributed by atoms with Gasteiger partial charge in [-0.25, -0.2) is 13.1 Å². The molecule has 0 saturated heterocycles. The summed E-state index contributed by atoms with van der Waals surface area (Å²) in [4.78, 5) is 4.12. The Hall–Kier alpha value is -0.870. The topological polar surface area (TPSA) is 82.6 Å². The number of rotatable bonds is 10. The van der Waals surface area contributed by atoms with Crippen molar-refractivity contribution >= 4 is 40.0 Å². The van der Waals surface area contributed by atoms with Crippen molar-refractivity contribution in [2.45, 2.75) is 33.2 Å². The molecule has 0 spiro atoms. The highest BCUT2D eigenvalue weighted by Crippen LogP contribution is 2.04. The zero-order chi connectivity index (χ0) is 17.8. The molecular weight excluding hydrogens is 451 g/mol. The molecule has 6 nitrogen and oxygen atoms in total. The number of benzene rings is 1. The van der Waals surface area contributed by atoms with Gasteiger partial charge in [0.1, 0.15) is 0 Å². The van der Waals surface area contributed by atoms with Crippen LogP contribution < -0.4 is 15.4 Å².